The SMILES string of the molecule is CCC(C)N1C(=O)c2ccccc2NC1(C)c1ccccc1OCCc1ccccc1. The van der Waals surface area contributed by atoms with Crippen molar-refractivity contribution in [2.75, 3.05) is 11.9 Å². The minimum atomic E-state index is -0.718. The summed E-state index contributed by atoms with van der Waals surface area (Å²) >= 11 is 0. The largest absolute Gasteiger partial charge is 0.493 e. The molecule has 31 heavy (non-hydrogen) atoms. The maximum Gasteiger partial charge on any atom is 0.258 e. The molecule has 0 saturated heterocycles. The number of hydrogen-bond donors (Lipinski definition) is 1. The molecule has 0 radical (unpaired) electrons. The Morgan fingerprint density at radius 3 is 2.42 bits per heavy atom. The molecule has 1 aliphatic heterocycles. The number of ether oxygens (including phenoxy) is 1. The number of nitrogens with one attached hydrogen (secondary N) is 1. The van der Waals surface area contributed by atoms with Crippen molar-refractivity contribution in [1.82, 2.24) is 4.90 Å². The second-order valence-corrected chi connectivity index (χ2v) is 8.26. The van der Waals surface area contributed by atoms with Gasteiger partial charge in [-0.15, -0.1) is 0 Å². The van der Waals surface area contributed by atoms with E-state index < -0.39 is 5.66 Å². The maximum atomic E-state index is 13.6. The molecular weight excluding hydrogens is 384 g/mol. The summed E-state index contributed by atoms with van der Waals surface area (Å²) in [5, 5.41) is 3.66. The van der Waals surface area contributed by atoms with Crippen LogP contribution >= 0.6 is 0 Å². The lowest BCUT2D eigenvalue weighted by molar-refractivity contribution is 0.0392. The van der Waals surface area contributed by atoms with Gasteiger partial charge in [-0.05, 0) is 44.0 Å². The van der Waals surface area contributed by atoms with Gasteiger partial charge in [0.05, 0.1) is 12.2 Å². The van der Waals surface area contributed by atoms with E-state index in [4.69, 9.17) is 4.74 Å². The molecule has 0 aliphatic carbocycles. The van der Waals surface area contributed by atoms with Crippen LogP contribution in [0.15, 0.2) is 78.9 Å². The Morgan fingerprint density at radius 2 is 1.65 bits per heavy atom. The molecular formula is C27H30N2O2. The van der Waals surface area contributed by atoms with Crippen LogP contribution in [0.25, 0.3) is 0 Å². The standard InChI is InChI=1S/C27H30N2O2/c1-4-20(2)29-26(30)22-14-8-10-16-24(22)28-27(29,3)23-15-9-11-17-25(23)31-19-18-21-12-6-5-7-13-21/h5-17,20,28H,4,18-19H2,1-3H3. The Morgan fingerprint density at radius 1 is 0.968 bits per heavy atom. The fourth-order valence-corrected chi connectivity index (χ4v) is 4.37. The maximum absolute atomic E-state index is 13.6. The molecule has 0 fully saturated rings. The number of benzene rings is 3. The topological polar surface area (TPSA) is 41.6 Å². The number of carbonyl (C=O) groups excluding carboxylic acids is 1. The van der Waals surface area contributed by atoms with Crippen molar-refractivity contribution in [3.8, 4) is 5.75 Å². The third-order valence-electron chi connectivity index (χ3n) is 6.17. The average Bonchev–Trinajstić information content (AvgIpc) is 2.80. The molecule has 1 heterocycles. The summed E-state index contributed by atoms with van der Waals surface area (Å²) in [5.74, 6) is 0.846. The quantitative estimate of drug-likeness (QED) is 0.527. The van der Waals surface area contributed by atoms with E-state index in [2.05, 4.69) is 44.3 Å². The van der Waals surface area contributed by atoms with Crippen LogP contribution in [0.2, 0.25) is 0 Å². The number of para-hydroxylation sites is 2. The first-order chi connectivity index (χ1) is 15.0. The highest BCUT2D eigenvalue weighted by Crippen LogP contribution is 2.42. The van der Waals surface area contributed by atoms with E-state index >= 15 is 0 Å². The third kappa shape index (κ3) is 4.02. The van der Waals surface area contributed by atoms with Crippen LogP contribution in [0.5, 0.6) is 5.75 Å². The first-order valence-corrected chi connectivity index (χ1v) is 11.0. The predicted molar refractivity (Wildman–Crippen MR) is 125 cm³/mol. The van der Waals surface area contributed by atoms with Gasteiger partial charge in [-0.2, -0.15) is 0 Å². The van der Waals surface area contributed by atoms with E-state index in [1.54, 1.807) is 0 Å². The zero-order chi connectivity index (χ0) is 21.8. The summed E-state index contributed by atoms with van der Waals surface area (Å²) in [7, 11) is 0. The van der Waals surface area contributed by atoms with Crippen LogP contribution in [0.1, 0.15) is 48.7 Å². The normalized spacial score (nSPS) is 18.8. The van der Waals surface area contributed by atoms with Crippen molar-refractivity contribution in [2.45, 2.75) is 45.3 Å². The van der Waals surface area contributed by atoms with Gasteiger partial charge in [0.15, 0.2) is 0 Å². The molecule has 1 aliphatic rings. The molecule has 4 nitrogen and oxygen atoms in total. The summed E-state index contributed by atoms with van der Waals surface area (Å²) in [5.41, 5.74) is 3.06. The Balaban J connectivity index is 1.69. The molecule has 0 bridgehead atoms. The van der Waals surface area contributed by atoms with Crippen LogP contribution in [0.4, 0.5) is 5.69 Å². The van der Waals surface area contributed by atoms with Gasteiger partial charge in [-0.25, -0.2) is 0 Å². The summed E-state index contributed by atoms with van der Waals surface area (Å²) in [6.45, 7) is 6.86. The summed E-state index contributed by atoms with van der Waals surface area (Å²) in [4.78, 5) is 15.5. The second kappa shape index (κ2) is 8.84. The molecule has 2 atom stereocenters. The Labute approximate surface area is 184 Å². The summed E-state index contributed by atoms with van der Waals surface area (Å²) < 4.78 is 6.27. The van der Waals surface area contributed by atoms with Gasteiger partial charge in [0.25, 0.3) is 5.91 Å². The van der Waals surface area contributed by atoms with E-state index in [1.165, 1.54) is 5.56 Å². The lowest BCUT2D eigenvalue weighted by Gasteiger charge is -2.49. The fraction of sp³-hybridized carbons (Fsp3) is 0.296. The molecule has 3 aromatic carbocycles. The number of nitrogens with zero attached hydrogens (tertiary/aromatic N) is 1. The molecule has 3 aromatic rings. The van der Waals surface area contributed by atoms with Crippen LogP contribution in [0.3, 0.4) is 0 Å². The molecule has 1 amide bonds. The smallest absolute Gasteiger partial charge is 0.258 e. The fourth-order valence-electron chi connectivity index (χ4n) is 4.37. The monoisotopic (exact) mass is 414 g/mol. The van der Waals surface area contributed by atoms with Gasteiger partial charge in [0.1, 0.15) is 11.4 Å². The van der Waals surface area contributed by atoms with E-state index in [-0.39, 0.29) is 11.9 Å². The second-order valence-electron chi connectivity index (χ2n) is 8.26. The van der Waals surface area contributed by atoms with Gasteiger partial charge in [-0.3, -0.25) is 4.79 Å². The van der Waals surface area contributed by atoms with E-state index in [1.807, 2.05) is 65.6 Å². The third-order valence-corrected chi connectivity index (χ3v) is 6.17. The van der Waals surface area contributed by atoms with Crippen LogP contribution < -0.4 is 10.1 Å². The van der Waals surface area contributed by atoms with E-state index in [9.17, 15) is 4.79 Å². The van der Waals surface area contributed by atoms with Crippen molar-refractivity contribution < 1.29 is 9.53 Å². The van der Waals surface area contributed by atoms with Crippen molar-refractivity contribution in [3.05, 3.63) is 95.6 Å². The van der Waals surface area contributed by atoms with Crippen molar-refractivity contribution in [2.24, 2.45) is 0 Å². The molecule has 0 saturated carbocycles. The first-order valence-electron chi connectivity index (χ1n) is 11.0. The van der Waals surface area contributed by atoms with Crippen molar-refractivity contribution >= 4 is 11.6 Å². The number of fused-ring (bicyclic) bond motifs is 1. The highest BCUT2D eigenvalue weighted by molar-refractivity contribution is 6.02. The zero-order valence-corrected chi connectivity index (χ0v) is 18.5. The van der Waals surface area contributed by atoms with Gasteiger partial charge < -0.3 is 15.0 Å². The molecule has 1 N–H and O–H groups in total. The highest BCUT2D eigenvalue weighted by Gasteiger charge is 2.45. The minimum Gasteiger partial charge on any atom is -0.493 e. The van der Waals surface area contributed by atoms with Crippen molar-refractivity contribution in [1.29, 1.82) is 0 Å². The van der Waals surface area contributed by atoms with Crippen molar-refractivity contribution in [3.63, 3.8) is 0 Å². The van der Waals surface area contributed by atoms with Gasteiger partial charge in [0, 0.05) is 23.7 Å². The molecule has 4 heteroatoms. The molecule has 2 unspecified atom stereocenters. The highest BCUT2D eigenvalue weighted by atomic mass is 16.5. The number of amides is 1. The average molecular weight is 415 g/mol. The Hall–Kier alpha value is -3.27. The van der Waals surface area contributed by atoms with E-state index in [0.29, 0.717) is 12.2 Å². The number of hydrogen-bond acceptors (Lipinski definition) is 3. The summed E-state index contributed by atoms with van der Waals surface area (Å²) in [6, 6.07) is 26.2. The van der Waals surface area contributed by atoms with Gasteiger partial charge in [-0.1, -0.05) is 67.6 Å². The van der Waals surface area contributed by atoms with Crippen LogP contribution in [0, 0.1) is 0 Å². The molecule has 0 aromatic heterocycles. The number of carbonyl (C=O) groups is 1. The lowest BCUT2D eigenvalue weighted by atomic mass is 9.91. The number of anilines is 1. The minimum absolute atomic E-state index is 0.0466. The number of rotatable bonds is 7. The lowest BCUT2D eigenvalue weighted by Crippen LogP contribution is -2.59. The predicted octanol–water partition coefficient (Wildman–Crippen LogP) is 5.85. The Kier molecular flexibility index (Phi) is 5.99. The molecule has 0 spiro atoms. The van der Waals surface area contributed by atoms with Gasteiger partial charge in [0.2, 0.25) is 0 Å². The van der Waals surface area contributed by atoms with Gasteiger partial charge >= 0.3 is 0 Å². The van der Waals surface area contributed by atoms with E-state index in [0.717, 1.165) is 29.8 Å². The van der Waals surface area contributed by atoms with Crippen LogP contribution in [-0.4, -0.2) is 23.5 Å². The Bertz CT molecular complexity index is 1050. The summed E-state index contributed by atoms with van der Waals surface area (Å²) in [6.07, 6.45) is 1.69. The van der Waals surface area contributed by atoms with Crippen LogP contribution in [-0.2, 0) is 12.1 Å². The molecule has 4 rings (SSSR count). The zero-order valence-electron chi connectivity index (χ0n) is 18.5. The molecule has 160 valence electrons. The first kappa shape index (κ1) is 21.0.